The number of nitriles is 1. The van der Waals surface area contributed by atoms with E-state index in [1.165, 1.54) is 6.07 Å². The van der Waals surface area contributed by atoms with Gasteiger partial charge < -0.3 is 15.0 Å². The van der Waals surface area contributed by atoms with Gasteiger partial charge in [-0.2, -0.15) is 5.26 Å². The summed E-state index contributed by atoms with van der Waals surface area (Å²) < 4.78 is 13.6. The molecule has 0 aromatic heterocycles. The average molecular weight is 378 g/mol. The van der Waals surface area contributed by atoms with Gasteiger partial charge in [-0.05, 0) is 68.2 Å². The smallest absolute Gasteiger partial charge is 0.188 e. The maximum Gasteiger partial charge on any atom is 0.188 e. The van der Waals surface area contributed by atoms with Gasteiger partial charge in [-0.25, -0.2) is 4.39 Å². The standard InChI is InChI=1S/C20H32FN3OSi/c1-20(2,26(4,5)25)11-15-8-9-24(13-15)14-19(23-3)16-6-7-18(21)17(10-16)12-22/h6-7,10,15,19,23,25H,8-9,11,13-14H2,1-5H3/t15-,19-/m1/s1. The molecular weight excluding hydrogens is 345 g/mol. The van der Waals surface area contributed by atoms with Crippen LogP contribution in [0.25, 0.3) is 0 Å². The minimum Gasteiger partial charge on any atom is -0.432 e. The molecule has 1 heterocycles. The lowest BCUT2D eigenvalue weighted by Gasteiger charge is -2.37. The number of likely N-dealkylation sites (N-methyl/N-ethyl adjacent to an activating group) is 1. The predicted molar refractivity (Wildman–Crippen MR) is 106 cm³/mol. The van der Waals surface area contributed by atoms with Crippen molar-refractivity contribution in [3.05, 3.63) is 35.1 Å². The minimum absolute atomic E-state index is 0.00867. The molecule has 0 unspecified atom stereocenters. The number of hydrogen-bond donors (Lipinski definition) is 2. The second-order valence-electron chi connectivity index (χ2n) is 8.75. The molecule has 0 bridgehead atoms. The van der Waals surface area contributed by atoms with Gasteiger partial charge in [0, 0.05) is 19.1 Å². The van der Waals surface area contributed by atoms with E-state index in [1.54, 1.807) is 12.1 Å². The van der Waals surface area contributed by atoms with Crippen LogP contribution in [0.2, 0.25) is 18.1 Å². The van der Waals surface area contributed by atoms with E-state index in [1.807, 2.05) is 26.2 Å². The molecule has 1 aromatic rings. The third kappa shape index (κ3) is 4.92. The number of halogens is 1. The fraction of sp³-hybridized carbons (Fsp3) is 0.650. The number of likely N-dealkylation sites (tertiary alicyclic amines) is 1. The molecule has 0 aliphatic carbocycles. The normalized spacial score (nSPS) is 20.2. The summed E-state index contributed by atoms with van der Waals surface area (Å²) in [5.74, 6) is 0.134. The first kappa shape index (κ1) is 21.0. The Morgan fingerprint density at radius 2 is 2.15 bits per heavy atom. The molecule has 1 aliphatic heterocycles. The van der Waals surface area contributed by atoms with Crippen LogP contribution in [-0.4, -0.2) is 44.7 Å². The van der Waals surface area contributed by atoms with Gasteiger partial charge in [-0.15, -0.1) is 0 Å². The van der Waals surface area contributed by atoms with Crippen molar-refractivity contribution < 1.29 is 9.19 Å². The third-order valence-corrected chi connectivity index (χ3v) is 9.64. The molecule has 1 fully saturated rings. The van der Waals surface area contributed by atoms with Crippen molar-refractivity contribution in [2.75, 3.05) is 26.7 Å². The quantitative estimate of drug-likeness (QED) is 0.712. The van der Waals surface area contributed by atoms with Gasteiger partial charge >= 0.3 is 0 Å². The summed E-state index contributed by atoms with van der Waals surface area (Å²) in [5, 5.41) is 12.4. The SMILES string of the molecule is CN[C@H](CN1CC[C@H](CC(C)(C)[Si](C)(C)O)C1)c1ccc(F)c(C#N)c1. The predicted octanol–water partition coefficient (Wildman–Crippen LogP) is 3.65. The molecule has 2 atom stereocenters. The maximum atomic E-state index is 13.6. The summed E-state index contributed by atoms with van der Waals surface area (Å²) in [4.78, 5) is 13.0. The molecule has 0 radical (unpaired) electrons. The maximum absolute atomic E-state index is 13.6. The van der Waals surface area contributed by atoms with E-state index in [0.717, 1.165) is 38.0 Å². The van der Waals surface area contributed by atoms with Crippen LogP contribution < -0.4 is 5.32 Å². The lowest BCUT2D eigenvalue weighted by atomic mass is 9.95. The van der Waals surface area contributed by atoms with E-state index in [2.05, 4.69) is 24.1 Å². The summed E-state index contributed by atoms with van der Waals surface area (Å²) in [5.41, 5.74) is 1.04. The highest BCUT2D eigenvalue weighted by atomic mass is 28.4. The Labute approximate surface area is 158 Å². The summed E-state index contributed by atoms with van der Waals surface area (Å²) in [6.45, 7) is 11.3. The fourth-order valence-corrected chi connectivity index (χ4v) is 4.47. The monoisotopic (exact) mass is 377 g/mol. The average Bonchev–Trinajstić information content (AvgIpc) is 2.98. The summed E-state index contributed by atoms with van der Waals surface area (Å²) >= 11 is 0. The van der Waals surface area contributed by atoms with Gasteiger partial charge in [0.2, 0.25) is 0 Å². The van der Waals surface area contributed by atoms with Crippen molar-refractivity contribution in [3.8, 4) is 6.07 Å². The Balaban J connectivity index is 1.99. The van der Waals surface area contributed by atoms with Crippen LogP contribution in [0.1, 0.15) is 43.9 Å². The molecule has 144 valence electrons. The molecule has 2 rings (SSSR count). The van der Waals surface area contributed by atoms with Gasteiger partial charge in [0.1, 0.15) is 11.9 Å². The molecule has 0 saturated carbocycles. The van der Waals surface area contributed by atoms with E-state index in [0.29, 0.717) is 5.92 Å². The first-order valence-corrected chi connectivity index (χ1v) is 12.3. The van der Waals surface area contributed by atoms with Crippen molar-refractivity contribution >= 4 is 8.32 Å². The van der Waals surface area contributed by atoms with E-state index in [9.17, 15) is 9.19 Å². The van der Waals surface area contributed by atoms with Crippen LogP contribution in [0.4, 0.5) is 4.39 Å². The Kier molecular flexibility index (Phi) is 6.62. The number of hydrogen-bond acceptors (Lipinski definition) is 4. The molecule has 1 saturated heterocycles. The van der Waals surface area contributed by atoms with Crippen LogP contribution >= 0.6 is 0 Å². The van der Waals surface area contributed by atoms with Gasteiger partial charge in [0.15, 0.2) is 8.32 Å². The zero-order valence-electron chi connectivity index (χ0n) is 16.6. The first-order chi connectivity index (χ1) is 12.1. The summed E-state index contributed by atoms with van der Waals surface area (Å²) in [6.07, 6.45) is 2.20. The van der Waals surface area contributed by atoms with E-state index in [4.69, 9.17) is 5.26 Å². The van der Waals surface area contributed by atoms with Crippen molar-refractivity contribution in [3.63, 3.8) is 0 Å². The molecule has 4 nitrogen and oxygen atoms in total. The first-order valence-electron chi connectivity index (χ1n) is 9.39. The molecule has 2 N–H and O–H groups in total. The van der Waals surface area contributed by atoms with Crippen molar-refractivity contribution in [1.29, 1.82) is 5.26 Å². The highest BCUT2D eigenvalue weighted by molar-refractivity contribution is 6.72. The number of nitrogens with zero attached hydrogens (tertiary/aromatic N) is 2. The fourth-order valence-electron chi connectivity index (χ4n) is 3.68. The van der Waals surface area contributed by atoms with Crippen LogP contribution in [0.5, 0.6) is 0 Å². The molecule has 26 heavy (non-hydrogen) atoms. The van der Waals surface area contributed by atoms with Crippen LogP contribution in [0.15, 0.2) is 18.2 Å². The third-order valence-electron chi connectivity index (χ3n) is 6.13. The second kappa shape index (κ2) is 8.18. The van der Waals surface area contributed by atoms with Crippen LogP contribution in [-0.2, 0) is 0 Å². The molecule has 6 heteroatoms. The topological polar surface area (TPSA) is 59.3 Å². The highest BCUT2D eigenvalue weighted by Gasteiger charge is 2.40. The molecule has 0 amide bonds. The molecule has 0 spiro atoms. The Bertz CT molecular complexity index is 666. The van der Waals surface area contributed by atoms with Gasteiger partial charge in [0.05, 0.1) is 5.56 Å². The summed E-state index contributed by atoms with van der Waals surface area (Å²) in [7, 11) is -0.279. The van der Waals surface area contributed by atoms with E-state index in [-0.39, 0.29) is 16.6 Å². The number of rotatable bonds is 7. The Hall–Kier alpha value is -1.26. The Morgan fingerprint density at radius 3 is 2.73 bits per heavy atom. The van der Waals surface area contributed by atoms with Crippen LogP contribution in [0.3, 0.4) is 0 Å². The number of nitrogens with one attached hydrogen (secondary N) is 1. The van der Waals surface area contributed by atoms with E-state index >= 15 is 0 Å². The Morgan fingerprint density at radius 1 is 1.46 bits per heavy atom. The minimum atomic E-state index is -2.18. The zero-order valence-corrected chi connectivity index (χ0v) is 17.6. The summed E-state index contributed by atoms with van der Waals surface area (Å²) in [6, 6.07) is 6.77. The van der Waals surface area contributed by atoms with Crippen molar-refractivity contribution in [1.82, 2.24) is 10.2 Å². The van der Waals surface area contributed by atoms with Crippen molar-refractivity contribution in [2.24, 2.45) is 5.92 Å². The largest absolute Gasteiger partial charge is 0.432 e. The van der Waals surface area contributed by atoms with Crippen molar-refractivity contribution in [2.45, 2.75) is 50.9 Å². The molecule has 1 aliphatic rings. The molecular formula is C20H32FN3OSi. The lowest BCUT2D eigenvalue weighted by molar-refractivity contribution is 0.279. The second-order valence-corrected chi connectivity index (χ2v) is 13.2. The molecule has 1 aromatic carbocycles. The van der Waals surface area contributed by atoms with Gasteiger partial charge in [-0.1, -0.05) is 19.9 Å². The zero-order chi connectivity index (χ0) is 19.5. The highest BCUT2D eigenvalue weighted by Crippen LogP contribution is 2.43. The number of benzene rings is 1. The van der Waals surface area contributed by atoms with Crippen LogP contribution in [0, 0.1) is 23.1 Å². The lowest BCUT2D eigenvalue weighted by Crippen LogP contribution is -2.40. The van der Waals surface area contributed by atoms with E-state index < -0.39 is 14.1 Å². The van der Waals surface area contributed by atoms with Gasteiger partial charge in [-0.3, -0.25) is 0 Å². The van der Waals surface area contributed by atoms with Gasteiger partial charge in [0.25, 0.3) is 0 Å².